The number of nitrogens with one attached hydrogen (secondary N) is 1. The van der Waals surface area contributed by atoms with Gasteiger partial charge in [-0.2, -0.15) is 0 Å². The van der Waals surface area contributed by atoms with E-state index in [2.05, 4.69) is 51.2 Å². The quantitative estimate of drug-likeness (QED) is 0.879. The largest absolute Gasteiger partial charge is 0.373 e. The molecule has 0 amide bonds. The van der Waals surface area contributed by atoms with Crippen molar-refractivity contribution in [3.63, 3.8) is 0 Å². The van der Waals surface area contributed by atoms with Crippen LogP contribution in [-0.4, -0.2) is 18.8 Å². The van der Waals surface area contributed by atoms with Crippen LogP contribution < -0.4 is 5.32 Å². The highest BCUT2D eigenvalue weighted by Crippen LogP contribution is 2.37. The molecule has 0 spiro atoms. The van der Waals surface area contributed by atoms with E-state index in [0.29, 0.717) is 6.04 Å². The minimum atomic E-state index is -0.0578. The molecule has 2 heteroatoms. The Balaban J connectivity index is 2.31. The molecule has 1 aliphatic heterocycles. The van der Waals surface area contributed by atoms with Crippen LogP contribution in [0.3, 0.4) is 0 Å². The van der Waals surface area contributed by atoms with Gasteiger partial charge in [0.25, 0.3) is 0 Å². The Morgan fingerprint density at radius 2 is 2.11 bits per heavy atom. The van der Waals surface area contributed by atoms with Gasteiger partial charge in [-0.15, -0.1) is 0 Å². The number of aryl methyl sites for hydroxylation is 2. The van der Waals surface area contributed by atoms with Crippen LogP contribution in [0.25, 0.3) is 0 Å². The maximum absolute atomic E-state index is 6.02. The summed E-state index contributed by atoms with van der Waals surface area (Å²) in [5.41, 5.74) is 4.00. The molecule has 0 radical (unpaired) electrons. The summed E-state index contributed by atoms with van der Waals surface area (Å²) in [6.07, 6.45) is 2.31. The van der Waals surface area contributed by atoms with Crippen LogP contribution in [0, 0.1) is 13.8 Å². The van der Waals surface area contributed by atoms with Crippen molar-refractivity contribution in [3.05, 3.63) is 34.9 Å². The molecule has 100 valence electrons. The third kappa shape index (κ3) is 2.60. The number of ether oxygens (including phenoxy) is 1. The van der Waals surface area contributed by atoms with Crippen molar-refractivity contribution in [1.82, 2.24) is 5.32 Å². The smallest absolute Gasteiger partial charge is 0.0849 e. The van der Waals surface area contributed by atoms with Gasteiger partial charge in [0, 0.05) is 6.61 Å². The van der Waals surface area contributed by atoms with E-state index in [4.69, 9.17) is 4.74 Å². The average molecular weight is 247 g/mol. The lowest BCUT2D eigenvalue weighted by Gasteiger charge is -2.34. The summed E-state index contributed by atoms with van der Waals surface area (Å²) in [5, 5.41) is 3.60. The molecule has 0 aliphatic carbocycles. The number of hydrogen-bond donors (Lipinski definition) is 1. The Morgan fingerprint density at radius 3 is 2.67 bits per heavy atom. The summed E-state index contributed by atoms with van der Waals surface area (Å²) in [4.78, 5) is 0. The monoisotopic (exact) mass is 247 g/mol. The minimum Gasteiger partial charge on any atom is -0.373 e. The van der Waals surface area contributed by atoms with Gasteiger partial charge in [-0.1, -0.05) is 25.1 Å². The van der Waals surface area contributed by atoms with Gasteiger partial charge < -0.3 is 10.1 Å². The van der Waals surface area contributed by atoms with E-state index in [-0.39, 0.29) is 5.60 Å². The molecular weight excluding hydrogens is 222 g/mol. The third-order valence-corrected chi connectivity index (χ3v) is 4.13. The first-order valence-electron chi connectivity index (χ1n) is 7.01. The van der Waals surface area contributed by atoms with Crippen molar-refractivity contribution < 1.29 is 4.74 Å². The summed E-state index contributed by atoms with van der Waals surface area (Å²) in [6.45, 7) is 10.6. The second-order valence-corrected chi connectivity index (χ2v) is 5.60. The molecule has 1 aromatic rings. The Kier molecular flexibility index (Phi) is 4.08. The topological polar surface area (TPSA) is 21.3 Å². The van der Waals surface area contributed by atoms with Crippen molar-refractivity contribution in [2.45, 2.75) is 52.2 Å². The maximum atomic E-state index is 6.02. The first kappa shape index (κ1) is 13.6. The summed E-state index contributed by atoms with van der Waals surface area (Å²) < 4.78 is 6.02. The highest BCUT2D eigenvalue weighted by atomic mass is 16.5. The van der Waals surface area contributed by atoms with Gasteiger partial charge in [0.15, 0.2) is 0 Å². The average Bonchev–Trinajstić information content (AvgIpc) is 2.78. The van der Waals surface area contributed by atoms with Gasteiger partial charge in [0.1, 0.15) is 0 Å². The predicted octanol–water partition coefficient (Wildman–Crippen LogP) is 3.52. The highest BCUT2D eigenvalue weighted by Gasteiger charge is 2.38. The summed E-state index contributed by atoms with van der Waals surface area (Å²) in [6, 6.07) is 7.05. The van der Waals surface area contributed by atoms with Crippen LogP contribution in [0.4, 0.5) is 0 Å². The fourth-order valence-corrected chi connectivity index (χ4v) is 2.86. The first-order valence-corrected chi connectivity index (χ1v) is 7.01. The van der Waals surface area contributed by atoms with Crippen molar-refractivity contribution >= 4 is 0 Å². The van der Waals surface area contributed by atoms with Gasteiger partial charge in [-0.25, -0.2) is 0 Å². The molecule has 0 saturated carbocycles. The second-order valence-electron chi connectivity index (χ2n) is 5.60. The van der Waals surface area contributed by atoms with Gasteiger partial charge in [-0.05, 0) is 56.8 Å². The normalized spacial score (nSPS) is 25.3. The lowest BCUT2D eigenvalue weighted by Crippen LogP contribution is -2.41. The van der Waals surface area contributed by atoms with Gasteiger partial charge >= 0.3 is 0 Å². The summed E-state index contributed by atoms with van der Waals surface area (Å²) in [7, 11) is 0. The third-order valence-electron chi connectivity index (χ3n) is 4.13. The van der Waals surface area contributed by atoms with Crippen molar-refractivity contribution in [2.75, 3.05) is 13.2 Å². The van der Waals surface area contributed by atoms with Crippen LogP contribution in [0.2, 0.25) is 0 Å². The molecule has 0 aromatic heterocycles. The zero-order chi connectivity index (χ0) is 13.2. The van der Waals surface area contributed by atoms with Crippen LogP contribution in [0.5, 0.6) is 0 Å². The second kappa shape index (κ2) is 5.41. The lowest BCUT2D eigenvalue weighted by atomic mass is 9.86. The standard InChI is InChI=1S/C16H25NO/c1-5-17-15(16(4)9-6-10-18-16)14-8-7-12(2)13(3)11-14/h7-8,11,15,17H,5-6,9-10H2,1-4H3. The highest BCUT2D eigenvalue weighted by molar-refractivity contribution is 5.33. The molecule has 1 saturated heterocycles. The van der Waals surface area contributed by atoms with Crippen molar-refractivity contribution in [2.24, 2.45) is 0 Å². The fourth-order valence-electron chi connectivity index (χ4n) is 2.86. The Bertz CT molecular complexity index is 408. The van der Waals surface area contributed by atoms with Gasteiger partial charge in [-0.3, -0.25) is 0 Å². The Morgan fingerprint density at radius 1 is 1.33 bits per heavy atom. The first-order chi connectivity index (χ1) is 8.57. The fraction of sp³-hybridized carbons (Fsp3) is 0.625. The molecular formula is C16H25NO. The zero-order valence-corrected chi connectivity index (χ0v) is 12.0. The predicted molar refractivity (Wildman–Crippen MR) is 75.9 cm³/mol. The van der Waals surface area contributed by atoms with Crippen LogP contribution in [0.15, 0.2) is 18.2 Å². The van der Waals surface area contributed by atoms with E-state index in [1.54, 1.807) is 0 Å². The number of likely N-dealkylation sites (N-methyl/N-ethyl adjacent to an activating group) is 1. The molecule has 1 heterocycles. The number of rotatable bonds is 4. The molecule has 2 unspecified atom stereocenters. The summed E-state index contributed by atoms with van der Waals surface area (Å²) >= 11 is 0. The van der Waals surface area contributed by atoms with Crippen LogP contribution >= 0.6 is 0 Å². The molecule has 0 bridgehead atoms. The van der Waals surface area contributed by atoms with Crippen molar-refractivity contribution in [1.29, 1.82) is 0 Å². The van der Waals surface area contributed by atoms with E-state index >= 15 is 0 Å². The molecule has 2 rings (SSSR count). The van der Waals surface area contributed by atoms with E-state index in [1.165, 1.54) is 23.1 Å². The Labute approximate surface area is 111 Å². The molecule has 2 nitrogen and oxygen atoms in total. The molecule has 18 heavy (non-hydrogen) atoms. The number of benzene rings is 1. The maximum Gasteiger partial charge on any atom is 0.0849 e. The molecule has 2 atom stereocenters. The SMILES string of the molecule is CCNC(c1ccc(C)c(C)c1)C1(C)CCCO1. The molecule has 1 N–H and O–H groups in total. The van der Waals surface area contributed by atoms with E-state index < -0.39 is 0 Å². The molecule has 1 aromatic carbocycles. The van der Waals surface area contributed by atoms with Crippen molar-refractivity contribution in [3.8, 4) is 0 Å². The van der Waals surface area contributed by atoms with Crippen LogP contribution in [0.1, 0.15) is 49.4 Å². The van der Waals surface area contributed by atoms with Gasteiger partial charge in [0.05, 0.1) is 11.6 Å². The lowest BCUT2D eigenvalue weighted by molar-refractivity contribution is -0.0121. The molecule has 1 aliphatic rings. The van der Waals surface area contributed by atoms with E-state index in [1.807, 2.05) is 0 Å². The molecule has 1 fully saturated rings. The summed E-state index contributed by atoms with van der Waals surface area (Å²) in [5.74, 6) is 0. The number of hydrogen-bond acceptors (Lipinski definition) is 2. The van der Waals surface area contributed by atoms with E-state index in [0.717, 1.165) is 19.6 Å². The van der Waals surface area contributed by atoms with Crippen LogP contribution in [-0.2, 0) is 4.74 Å². The zero-order valence-electron chi connectivity index (χ0n) is 12.0. The van der Waals surface area contributed by atoms with Gasteiger partial charge in [0.2, 0.25) is 0 Å². The Hall–Kier alpha value is -0.860. The minimum absolute atomic E-state index is 0.0578. The van der Waals surface area contributed by atoms with E-state index in [9.17, 15) is 0 Å².